The van der Waals surface area contributed by atoms with E-state index in [4.69, 9.17) is 57.9 Å². The molecule has 0 saturated carbocycles. The van der Waals surface area contributed by atoms with E-state index in [9.17, 15) is 53.8 Å². The van der Waals surface area contributed by atoms with Crippen LogP contribution in [0.25, 0.3) is 21.8 Å². The standard InChI is InChI=1S/C22H23ClN4O2S2.C22H24N2O3S.C21H20Cl2N4O3S2.C21H22ClN3O4S.C4H5N3.C3H4N2S.7H2/c23-17-3-8-21-16(14-17)2-1-11-27(21)19-9-12-26(15-19)18-4-6-20(7-5-18)31(28,29)25-22-24-10-13-30-22;1-16(24-15-12-19-4-2-3-5-21(19)24)22(25)23-13-10-18(11-14-23)17-6-8-20(9-7-17)28(26)27;22-18-6-1-14(13-19(18)23)20(28)25-15-7-10-27(11-8-15)16-2-4-17(5-3-16)32(29,30)26-21-24-9-12-31-21;22-19-3-1-2-15-8-9-24(21(15)19)13-20(27)25-11-10-23(12-17(25)14-26)16-4-6-18(7-5-16)30(28)29;5-4-1-2-6-3-7-4;4-3-5-1-2-6-3;;;;;;;/h3-8,10,13-14,19H,1-2,9,11-12,15H2,(H,24,25);2-9,12,15-16,18H,10-11,13-14H2,1H3,(H,26,27);1-6,9,12-13,15H,7-8,10-11H2,(H,24,26)(H,25,28);1-9,17,26H,10-14H2,(H,28,29);1-3H,(H2,5,6,7);1-2H,(H2,4,5);7*1H/p-2/t19-;16-;;17-;;;;;;;;;/m10.1........./s1. The van der Waals surface area contributed by atoms with Crippen LogP contribution >= 0.6 is 80.4 Å². The minimum Gasteiger partial charge on any atom is -0.768 e. The summed E-state index contributed by atoms with van der Waals surface area (Å²) in [5, 5.41) is 23.8. The number of thiazole rings is 3. The number of aliphatic hydroxyl groups excluding tert-OH is 1. The number of sulfonamides is 2. The Bertz CT molecular complexity index is 6590. The number of aryl methyl sites for hydroxylation is 1. The number of likely N-dealkylation sites (tertiary alicyclic amines) is 1. The molecule has 0 radical (unpaired) electrons. The van der Waals surface area contributed by atoms with Gasteiger partial charge in [-0.25, -0.2) is 41.8 Å². The number of halogens is 4. The lowest BCUT2D eigenvalue weighted by Gasteiger charge is -2.42. The average Bonchev–Trinajstić information content (AvgIpc) is 1.76. The van der Waals surface area contributed by atoms with Crippen molar-refractivity contribution in [3.05, 3.63) is 291 Å². The number of nitrogens with two attached hydrogens (primary N) is 2. The first-order chi connectivity index (χ1) is 64.6. The highest BCUT2D eigenvalue weighted by molar-refractivity contribution is 7.93. The third-order valence-electron chi connectivity index (χ3n) is 23.4. The van der Waals surface area contributed by atoms with E-state index in [0.717, 1.165) is 140 Å². The molecule has 4 fully saturated rings. The molecule has 41 heteroatoms. The molecule has 3 amide bonds. The van der Waals surface area contributed by atoms with Gasteiger partial charge in [-0.15, -0.1) is 34.0 Å². The Balaban J connectivity index is 0.000000240. The summed E-state index contributed by atoms with van der Waals surface area (Å²) < 4.78 is 103. The molecule has 8 N–H and O–H groups in total. The molecule has 5 aliphatic heterocycles. The number of carbonyl (C=O) groups excluding carboxylic acids is 3. The second-order valence-electron chi connectivity index (χ2n) is 31.8. The Labute approximate surface area is 824 Å². The molecule has 5 aliphatic rings. The van der Waals surface area contributed by atoms with Gasteiger partial charge in [0.05, 0.1) is 43.0 Å². The van der Waals surface area contributed by atoms with Gasteiger partial charge in [-0.2, -0.15) is 0 Å². The molecule has 19 rings (SSSR count). The van der Waals surface area contributed by atoms with Crippen LogP contribution in [0, 0.1) is 0 Å². The molecular weight excluding hydrogens is 1930 g/mol. The van der Waals surface area contributed by atoms with Crippen molar-refractivity contribution < 1.29 is 63.8 Å². The quantitative estimate of drug-likeness (QED) is 0.0386. The maximum absolute atomic E-state index is 13.0. The zero-order valence-electron chi connectivity index (χ0n) is 72.3. The summed E-state index contributed by atoms with van der Waals surface area (Å²) in [6.45, 7) is 9.35. The van der Waals surface area contributed by atoms with E-state index in [2.05, 4.69) is 72.6 Å². The number of anilines is 8. The van der Waals surface area contributed by atoms with Crippen molar-refractivity contribution in [2.75, 3.05) is 113 Å². The highest BCUT2D eigenvalue weighted by Gasteiger charge is 2.35. The van der Waals surface area contributed by atoms with Gasteiger partial charge in [0.15, 0.2) is 15.4 Å². The number of benzene rings is 8. The second-order valence-corrected chi connectivity index (χ2v) is 41.4. The lowest BCUT2D eigenvalue weighted by Crippen LogP contribution is -2.57. The highest BCUT2D eigenvalue weighted by atomic mass is 35.5. The van der Waals surface area contributed by atoms with Crippen LogP contribution in [0.1, 0.15) is 88.9 Å². The predicted octanol–water partition coefficient (Wildman–Crippen LogP) is 17.9. The van der Waals surface area contributed by atoms with Crippen LogP contribution in [0.3, 0.4) is 0 Å². The maximum atomic E-state index is 13.0. The molecule has 4 saturated heterocycles. The van der Waals surface area contributed by atoms with Gasteiger partial charge in [-0.1, -0.05) is 88.9 Å². The summed E-state index contributed by atoms with van der Waals surface area (Å²) in [5.41, 5.74) is 19.4. The highest BCUT2D eigenvalue weighted by Crippen LogP contribution is 2.37. The minimum atomic E-state index is -3.67. The molecule has 30 nitrogen and oxygen atoms in total. The summed E-state index contributed by atoms with van der Waals surface area (Å²) in [5.74, 6) is 0.764. The van der Waals surface area contributed by atoms with Crippen molar-refractivity contribution in [2.24, 2.45) is 0 Å². The number of rotatable bonds is 20. The molecular formula is C93H110Cl4N18O12S7-2. The molecule has 716 valence electrons. The average molecular weight is 2040 g/mol. The molecule has 14 aromatic rings. The van der Waals surface area contributed by atoms with Gasteiger partial charge in [-0.3, -0.25) is 32.2 Å². The number of piperazine rings is 1. The summed E-state index contributed by atoms with van der Waals surface area (Å²) in [6, 6.07) is 57.8. The first-order valence-electron chi connectivity index (χ1n) is 42.8. The van der Waals surface area contributed by atoms with Crippen molar-refractivity contribution in [3.8, 4) is 0 Å². The second kappa shape index (κ2) is 46.4. The van der Waals surface area contributed by atoms with Gasteiger partial charge >= 0.3 is 0 Å². The Morgan fingerprint density at radius 2 is 1.18 bits per heavy atom. The third kappa shape index (κ3) is 25.9. The van der Waals surface area contributed by atoms with Gasteiger partial charge in [-0.05, 0) is 248 Å². The molecule has 2 unspecified atom stereocenters. The number of nitrogen functional groups attached to an aromatic ring is 2. The number of para-hydroxylation sites is 2. The predicted molar refractivity (Wildman–Crippen MR) is 548 cm³/mol. The van der Waals surface area contributed by atoms with E-state index < -0.39 is 42.2 Å². The van der Waals surface area contributed by atoms with Crippen molar-refractivity contribution >= 4 is 206 Å². The van der Waals surface area contributed by atoms with Crippen molar-refractivity contribution in [2.45, 2.75) is 108 Å². The Morgan fingerprint density at radius 3 is 1.75 bits per heavy atom. The first kappa shape index (κ1) is 98.8. The Kier molecular flexibility index (Phi) is 34.2. The SMILES string of the molecule is C[C@@H](C(=O)N1CCC(c2ccc(S(=O)[O-])cc2)CC1)n1ccc2ccccc21.Nc1ccncn1.Nc1nccs1.O=C(Cn1ccc2cccc(Cl)c21)N1CCN(c2ccc(S(=O)[O-])cc2)C[C@@H]1CO.O=C(NC1CCN(c2ccc(S(=O)(=O)Nc3nccs3)cc2)CC1)c1ccc(Cl)c(Cl)c1.O=S(=O)(Nc1nccs1)c1ccc(N2CC[C@@H](N3CCCc4cc(Cl)ccc43)C2)cc1.[HH].[HH].[HH].[HH].[HH].[HH].[HH]. The van der Waals surface area contributed by atoms with E-state index in [1.807, 2.05) is 116 Å². The summed E-state index contributed by atoms with van der Waals surface area (Å²) in [6.07, 6.45) is 18.3. The molecule has 134 heavy (non-hydrogen) atoms. The van der Waals surface area contributed by atoms with Crippen LogP contribution < -0.4 is 45.8 Å². The Morgan fingerprint density at radius 1 is 0.582 bits per heavy atom. The fourth-order valence-corrected chi connectivity index (χ4v) is 22.0. The minimum absolute atomic E-state index is 0. The number of nitrogens with zero attached hydrogens (tertiary/aromatic N) is 13. The summed E-state index contributed by atoms with van der Waals surface area (Å²) >= 11 is 23.9. The number of aromatic nitrogens is 7. The van der Waals surface area contributed by atoms with E-state index in [1.54, 1.807) is 144 Å². The maximum Gasteiger partial charge on any atom is 0.263 e. The fourth-order valence-electron chi connectivity index (χ4n) is 16.5. The monoisotopic (exact) mass is 2030 g/mol. The smallest absolute Gasteiger partial charge is 0.263 e. The number of carbonyl (C=O) groups is 3. The number of aliphatic hydroxyl groups is 1. The topological polar surface area (TPSA) is 402 Å². The fraction of sp³-hybridized carbons (Fsp3) is 0.269. The summed E-state index contributed by atoms with van der Waals surface area (Å²) in [4.78, 5) is 71.2. The lowest BCUT2D eigenvalue weighted by atomic mass is 9.89. The van der Waals surface area contributed by atoms with Crippen molar-refractivity contribution in [1.29, 1.82) is 0 Å². The first-order valence-corrected chi connectivity index (χ1v) is 52.0. The van der Waals surface area contributed by atoms with Gasteiger partial charge in [0.25, 0.3) is 26.0 Å². The van der Waals surface area contributed by atoms with Gasteiger partial charge < -0.3 is 69.5 Å². The van der Waals surface area contributed by atoms with Crippen LogP contribution in [-0.2, 0) is 64.8 Å². The van der Waals surface area contributed by atoms with E-state index in [-0.39, 0.29) is 73.7 Å². The molecule has 0 bridgehead atoms. The number of hydrogen-bond acceptors (Lipinski definition) is 26. The van der Waals surface area contributed by atoms with Crippen LogP contribution in [-0.4, -0.2) is 191 Å². The Hall–Kier alpha value is -11.1. The van der Waals surface area contributed by atoms with Crippen molar-refractivity contribution in [1.82, 2.24) is 49.2 Å². The lowest BCUT2D eigenvalue weighted by molar-refractivity contribution is -0.136. The number of nitrogens with one attached hydrogen (secondary N) is 3. The van der Waals surface area contributed by atoms with E-state index in [1.165, 1.54) is 51.6 Å². The molecule has 0 aliphatic carbocycles. The van der Waals surface area contributed by atoms with Crippen LogP contribution in [0.2, 0.25) is 20.1 Å². The zero-order chi connectivity index (χ0) is 94.6. The van der Waals surface area contributed by atoms with Gasteiger partial charge in [0, 0.05) is 195 Å². The largest absolute Gasteiger partial charge is 0.768 e. The van der Waals surface area contributed by atoms with E-state index >= 15 is 0 Å². The number of fused-ring (bicyclic) bond motifs is 3. The molecule has 5 atom stereocenters. The third-order valence-corrected chi connectivity index (χ3v) is 31.0. The molecule has 0 spiro atoms. The molecule has 6 aromatic heterocycles. The van der Waals surface area contributed by atoms with Crippen LogP contribution in [0.4, 0.5) is 44.0 Å². The van der Waals surface area contributed by atoms with Crippen LogP contribution in [0.15, 0.2) is 273 Å². The van der Waals surface area contributed by atoms with E-state index in [0.29, 0.717) is 78.3 Å². The van der Waals surface area contributed by atoms with Gasteiger partial charge in [0.2, 0.25) is 11.8 Å². The molecule has 8 aromatic carbocycles. The summed E-state index contributed by atoms with van der Waals surface area (Å²) in [7, 11) is -7.30. The zero-order valence-corrected chi connectivity index (χ0v) is 81.1. The van der Waals surface area contributed by atoms with Gasteiger partial charge in [0.1, 0.15) is 24.7 Å². The van der Waals surface area contributed by atoms with Crippen LogP contribution in [0.5, 0.6) is 0 Å². The normalized spacial score (nSPS) is 16.4. The van der Waals surface area contributed by atoms with Crippen molar-refractivity contribution in [3.63, 3.8) is 0 Å². The molecule has 11 heterocycles. The number of amides is 3. The number of hydrogen-bond donors (Lipinski definition) is 6. The number of piperidine rings is 2.